The standard InChI is InChI=1S/C24H20F3N3O5/c1-13(31)34-15-4-2-14(3-5-15)30-22(32)11-21(23(30)33)29-9-8-20-18(12-29)17-10-16(35-24(25,26)27)6-7-19(17)28-20/h2-7,10,21,28H,8-9,11-12H2,1H3/t21-/m1/s1. The molecular weight excluding hydrogens is 467 g/mol. The number of H-pyrrole nitrogens is 1. The molecule has 1 aromatic heterocycles. The zero-order valence-electron chi connectivity index (χ0n) is 18.5. The van der Waals surface area contributed by atoms with Gasteiger partial charge in [-0.3, -0.25) is 19.3 Å². The number of hydrogen-bond acceptors (Lipinski definition) is 6. The van der Waals surface area contributed by atoms with Crippen LogP contribution in [0.25, 0.3) is 10.9 Å². The predicted molar refractivity (Wildman–Crippen MR) is 118 cm³/mol. The van der Waals surface area contributed by atoms with E-state index in [-0.39, 0.29) is 24.0 Å². The second-order valence-electron chi connectivity index (χ2n) is 8.43. The second-order valence-corrected chi connectivity index (χ2v) is 8.43. The van der Waals surface area contributed by atoms with Crippen LogP contribution in [0.2, 0.25) is 0 Å². The van der Waals surface area contributed by atoms with Crippen LogP contribution in [0.15, 0.2) is 42.5 Å². The number of fused-ring (bicyclic) bond motifs is 3. The van der Waals surface area contributed by atoms with Crippen molar-refractivity contribution in [1.29, 1.82) is 0 Å². The largest absolute Gasteiger partial charge is 0.573 e. The highest BCUT2D eigenvalue weighted by molar-refractivity contribution is 6.22. The third-order valence-corrected chi connectivity index (χ3v) is 6.13. The van der Waals surface area contributed by atoms with Gasteiger partial charge in [-0.2, -0.15) is 0 Å². The summed E-state index contributed by atoms with van der Waals surface area (Å²) in [7, 11) is 0. The first-order valence-electron chi connectivity index (χ1n) is 10.9. The summed E-state index contributed by atoms with van der Waals surface area (Å²) in [5.41, 5.74) is 2.71. The number of nitrogens with zero attached hydrogens (tertiary/aromatic N) is 2. The van der Waals surface area contributed by atoms with E-state index in [9.17, 15) is 27.6 Å². The molecule has 3 heterocycles. The van der Waals surface area contributed by atoms with Crippen LogP contribution >= 0.6 is 0 Å². The fourth-order valence-electron chi connectivity index (χ4n) is 4.68. The molecule has 1 saturated heterocycles. The molecule has 5 rings (SSSR count). The fraction of sp³-hybridized carbons (Fsp3) is 0.292. The predicted octanol–water partition coefficient (Wildman–Crippen LogP) is 3.68. The lowest BCUT2D eigenvalue weighted by molar-refractivity contribution is -0.274. The van der Waals surface area contributed by atoms with Crippen LogP contribution in [0.4, 0.5) is 18.9 Å². The molecule has 8 nitrogen and oxygen atoms in total. The molecule has 2 aliphatic heterocycles. The Kier molecular flexibility index (Phi) is 5.51. The molecule has 0 spiro atoms. The maximum absolute atomic E-state index is 13.2. The van der Waals surface area contributed by atoms with Crippen molar-refractivity contribution in [2.75, 3.05) is 11.4 Å². The number of nitrogens with one attached hydrogen (secondary N) is 1. The molecular formula is C24H20F3N3O5. The lowest BCUT2D eigenvalue weighted by atomic mass is 10.0. The van der Waals surface area contributed by atoms with Gasteiger partial charge in [0, 0.05) is 43.0 Å². The second kappa shape index (κ2) is 8.42. The van der Waals surface area contributed by atoms with Gasteiger partial charge < -0.3 is 14.5 Å². The van der Waals surface area contributed by atoms with Crippen molar-refractivity contribution in [3.8, 4) is 11.5 Å². The summed E-state index contributed by atoms with van der Waals surface area (Å²) in [5, 5.41) is 0.584. The summed E-state index contributed by atoms with van der Waals surface area (Å²) in [4.78, 5) is 43.3. The Morgan fingerprint density at radius 2 is 1.80 bits per heavy atom. The van der Waals surface area contributed by atoms with Gasteiger partial charge >= 0.3 is 12.3 Å². The Labute approximate surface area is 197 Å². The molecule has 1 atom stereocenters. The molecule has 3 aromatic rings. The first-order chi connectivity index (χ1) is 16.6. The summed E-state index contributed by atoms with van der Waals surface area (Å²) in [6.07, 6.45) is -4.26. The van der Waals surface area contributed by atoms with Gasteiger partial charge in [-0.25, -0.2) is 4.90 Å². The number of carbonyl (C=O) groups excluding carboxylic acids is 3. The van der Waals surface area contributed by atoms with Gasteiger partial charge in [0.15, 0.2) is 0 Å². The van der Waals surface area contributed by atoms with E-state index in [0.717, 1.165) is 16.2 Å². The highest BCUT2D eigenvalue weighted by Crippen LogP contribution is 2.35. The average molecular weight is 487 g/mol. The average Bonchev–Trinajstić information content (AvgIpc) is 3.29. The van der Waals surface area contributed by atoms with Crippen LogP contribution in [0.3, 0.4) is 0 Å². The molecule has 0 unspecified atom stereocenters. The number of aromatic nitrogens is 1. The van der Waals surface area contributed by atoms with Crippen molar-refractivity contribution in [3.05, 3.63) is 53.7 Å². The number of rotatable bonds is 4. The molecule has 2 aliphatic rings. The number of esters is 1. The number of anilines is 1. The Bertz CT molecular complexity index is 1330. The maximum Gasteiger partial charge on any atom is 0.573 e. The van der Waals surface area contributed by atoms with Crippen LogP contribution in [0.1, 0.15) is 24.6 Å². The molecule has 1 N–H and O–H groups in total. The number of ether oxygens (including phenoxy) is 2. The lowest BCUT2D eigenvalue weighted by Crippen LogP contribution is -2.44. The first kappa shape index (κ1) is 22.9. The van der Waals surface area contributed by atoms with Crippen molar-refractivity contribution in [2.24, 2.45) is 0 Å². The molecule has 0 saturated carbocycles. The van der Waals surface area contributed by atoms with Gasteiger partial charge in [-0.15, -0.1) is 13.2 Å². The topological polar surface area (TPSA) is 91.9 Å². The summed E-state index contributed by atoms with van der Waals surface area (Å²) in [5.74, 6) is -1.23. The van der Waals surface area contributed by atoms with Crippen LogP contribution < -0.4 is 14.4 Å². The number of halogens is 3. The smallest absolute Gasteiger partial charge is 0.427 e. The summed E-state index contributed by atoms with van der Waals surface area (Å²) >= 11 is 0. The molecule has 0 aliphatic carbocycles. The SMILES string of the molecule is CC(=O)Oc1ccc(N2C(=O)C[C@@H](N3CCc4[nH]c5ccc(OC(F)(F)F)cc5c4C3)C2=O)cc1. The van der Waals surface area contributed by atoms with Gasteiger partial charge in [-0.05, 0) is 48.0 Å². The van der Waals surface area contributed by atoms with Gasteiger partial charge in [0.2, 0.25) is 5.91 Å². The molecule has 1 fully saturated rings. The first-order valence-corrected chi connectivity index (χ1v) is 10.9. The fourth-order valence-corrected chi connectivity index (χ4v) is 4.68. The summed E-state index contributed by atoms with van der Waals surface area (Å²) in [6.45, 7) is 2.08. The van der Waals surface area contributed by atoms with Crippen molar-refractivity contribution in [3.63, 3.8) is 0 Å². The van der Waals surface area contributed by atoms with E-state index in [2.05, 4.69) is 9.72 Å². The number of benzene rings is 2. The van der Waals surface area contributed by atoms with Crippen molar-refractivity contribution in [1.82, 2.24) is 9.88 Å². The zero-order valence-corrected chi connectivity index (χ0v) is 18.5. The van der Waals surface area contributed by atoms with Crippen LogP contribution in [-0.2, 0) is 27.3 Å². The quantitative estimate of drug-likeness (QED) is 0.343. The Morgan fingerprint density at radius 3 is 2.49 bits per heavy atom. The van der Waals surface area contributed by atoms with E-state index >= 15 is 0 Å². The Balaban J connectivity index is 1.37. The maximum atomic E-state index is 13.2. The number of amides is 2. The zero-order chi connectivity index (χ0) is 24.9. The molecule has 0 radical (unpaired) electrons. The molecule has 2 amide bonds. The van der Waals surface area contributed by atoms with Crippen molar-refractivity contribution in [2.45, 2.75) is 38.7 Å². The highest BCUT2D eigenvalue weighted by Gasteiger charge is 2.43. The van der Waals surface area contributed by atoms with Crippen LogP contribution in [-0.4, -0.2) is 46.6 Å². The van der Waals surface area contributed by atoms with Crippen LogP contribution in [0.5, 0.6) is 11.5 Å². The van der Waals surface area contributed by atoms with E-state index in [4.69, 9.17) is 4.74 Å². The van der Waals surface area contributed by atoms with Crippen LogP contribution in [0, 0.1) is 0 Å². The minimum atomic E-state index is -4.80. The minimum absolute atomic E-state index is 0.00927. The lowest BCUT2D eigenvalue weighted by Gasteiger charge is -2.31. The Hall–Kier alpha value is -3.86. The van der Waals surface area contributed by atoms with Crippen molar-refractivity contribution >= 4 is 34.4 Å². The summed E-state index contributed by atoms with van der Waals surface area (Å²) < 4.78 is 47.1. The number of carbonyl (C=O) groups is 3. The summed E-state index contributed by atoms with van der Waals surface area (Å²) in [6, 6.07) is 9.50. The Morgan fingerprint density at radius 1 is 1.09 bits per heavy atom. The van der Waals surface area contributed by atoms with E-state index < -0.39 is 18.4 Å². The van der Waals surface area contributed by atoms with E-state index in [1.807, 2.05) is 4.90 Å². The van der Waals surface area contributed by atoms with Gasteiger partial charge in [-0.1, -0.05) is 0 Å². The van der Waals surface area contributed by atoms with E-state index in [1.165, 1.54) is 49.4 Å². The highest BCUT2D eigenvalue weighted by atomic mass is 19.4. The number of aromatic amines is 1. The third-order valence-electron chi connectivity index (χ3n) is 6.13. The molecule has 182 valence electrons. The van der Waals surface area contributed by atoms with Crippen molar-refractivity contribution < 1.29 is 37.0 Å². The molecule has 35 heavy (non-hydrogen) atoms. The monoisotopic (exact) mass is 487 g/mol. The third kappa shape index (κ3) is 4.46. The minimum Gasteiger partial charge on any atom is -0.427 e. The number of imide groups is 1. The van der Waals surface area contributed by atoms with Gasteiger partial charge in [0.25, 0.3) is 5.91 Å². The molecule has 11 heteroatoms. The number of alkyl halides is 3. The van der Waals surface area contributed by atoms with E-state index in [1.54, 1.807) is 0 Å². The van der Waals surface area contributed by atoms with E-state index in [0.29, 0.717) is 41.9 Å². The van der Waals surface area contributed by atoms with Gasteiger partial charge in [0.05, 0.1) is 18.2 Å². The number of hydrogen-bond donors (Lipinski definition) is 1. The van der Waals surface area contributed by atoms with Gasteiger partial charge in [0.1, 0.15) is 11.5 Å². The molecule has 2 aromatic carbocycles. The molecule has 0 bridgehead atoms. The normalized spacial score (nSPS) is 18.7.